The van der Waals surface area contributed by atoms with Crippen molar-refractivity contribution in [3.63, 3.8) is 0 Å². The molecule has 0 amide bonds. The zero-order valence-corrected chi connectivity index (χ0v) is 9.51. The highest BCUT2D eigenvalue weighted by Gasteiger charge is 2.07. The Labute approximate surface area is 98.0 Å². The van der Waals surface area contributed by atoms with E-state index in [1.54, 1.807) is 18.2 Å². The number of hydrogen-bond donors (Lipinski definition) is 0. The first kappa shape index (κ1) is 11.6. The van der Waals surface area contributed by atoms with Gasteiger partial charge in [-0.3, -0.25) is 0 Å². The number of fused-ring (bicyclic) bond motifs is 1. The van der Waals surface area contributed by atoms with E-state index in [9.17, 15) is 4.79 Å². The number of benzene rings is 1. The van der Waals surface area contributed by atoms with E-state index in [2.05, 4.69) is 4.98 Å². The van der Waals surface area contributed by atoms with Crippen LogP contribution in [0.1, 0.15) is 6.92 Å². The fraction of sp³-hybridized carbons (Fsp3) is 0.333. The molecular formula is C12H13NO4. The van der Waals surface area contributed by atoms with E-state index in [1.165, 1.54) is 0 Å². The number of hydrogen-bond acceptors (Lipinski definition) is 5. The molecular weight excluding hydrogens is 222 g/mol. The highest BCUT2D eigenvalue weighted by Crippen LogP contribution is 2.20. The van der Waals surface area contributed by atoms with Gasteiger partial charge in [-0.25, -0.2) is 4.79 Å². The monoisotopic (exact) mass is 235 g/mol. The van der Waals surface area contributed by atoms with Crippen LogP contribution in [0.5, 0.6) is 5.88 Å². The number of aromatic nitrogens is 1. The third-order valence-corrected chi connectivity index (χ3v) is 2.18. The molecule has 90 valence electrons. The van der Waals surface area contributed by atoms with Gasteiger partial charge in [0, 0.05) is 6.61 Å². The van der Waals surface area contributed by atoms with E-state index < -0.39 is 5.76 Å². The zero-order valence-electron chi connectivity index (χ0n) is 9.51. The summed E-state index contributed by atoms with van der Waals surface area (Å²) in [4.78, 5) is 14.9. The second-order valence-corrected chi connectivity index (χ2v) is 3.33. The van der Waals surface area contributed by atoms with Crippen LogP contribution in [0.2, 0.25) is 0 Å². The molecule has 1 aromatic heterocycles. The van der Waals surface area contributed by atoms with E-state index >= 15 is 0 Å². The van der Waals surface area contributed by atoms with Crippen molar-refractivity contribution in [1.29, 1.82) is 0 Å². The van der Waals surface area contributed by atoms with E-state index in [-0.39, 0.29) is 5.88 Å². The Balaban J connectivity index is 2.23. The molecule has 0 aliphatic rings. The van der Waals surface area contributed by atoms with Gasteiger partial charge in [-0.05, 0) is 19.1 Å². The second kappa shape index (κ2) is 5.45. The summed E-state index contributed by atoms with van der Waals surface area (Å²) in [6.07, 6.45) is 0. The second-order valence-electron chi connectivity index (χ2n) is 3.33. The largest absolute Gasteiger partial charge is 0.475 e. The molecule has 1 aromatic carbocycles. The summed E-state index contributed by atoms with van der Waals surface area (Å²) < 4.78 is 15.5. The van der Waals surface area contributed by atoms with Crippen LogP contribution < -0.4 is 10.5 Å². The topological polar surface area (TPSA) is 61.6 Å². The Morgan fingerprint density at radius 1 is 1.29 bits per heavy atom. The highest BCUT2D eigenvalue weighted by atomic mass is 16.5. The third kappa shape index (κ3) is 2.82. The smallest absolute Gasteiger partial charge is 0.442 e. The molecule has 0 atom stereocenters. The highest BCUT2D eigenvalue weighted by molar-refractivity contribution is 5.81. The van der Waals surface area contributed by atoms with Gasteiger partial charge in [-0.15, -0.1) is 4.98 Å². The predicted octanol–water partition coefficient (Wildman–Crippen LogP) is 1.60. The number of ether oxygens (including phenoxy) is 2. The van der Waals surface area contributed by atoms with Crippen LogP contribution in [-0.2, 0) is 4.74 Å². The predicted molar refractivity (Wildman–Crippen MR) is 62.3 cm³/mol. The number of nitrogens with zero attached hydrogens (tertiary/aromatic N) is 1. The summed E-state index contributed by atoms with van der Waals surface area (Å²) in [5, 5.41) is 0.684. The van der Waals surface area contributed by atoms with Crippen LogP contribution in [0.15, 0.2) is 33.5 Å². The van der Waals surface area contributed by atoms with Gasteiger partial charge in [0.15, 0.2) is 0 Å². The first-order valence-electron chi connectivity index (χ1n) is 5.41. The SMILES string of the molecule is CCOCCOc1nc(=O)oc2ccccc12. The van der Waals surface area contributed by atoms with Gasteiger partial charge in [-0.2, -0.15) is 0 Å². The van der Waals surface area contributed by atoms with Gasteiger partial charge < -0.3 is 13.9 Å². The molecule has 0 spiro atoms. The number of para-hydroxylation sites is 1. The molecule has 0 saturated carbocycles. The van der Waals surface area contributed by atoms with Gasteiger partial charge in [0.1, 0.15) is 12.2 Å². The molecule has 0 unspecified atom stereocenters. The quantitative estimate of drug-likeness (QED) is 0.737. The number of rotatable bonds is 5. The Hall–Kier alpha value is -1.88. The summed E-state index contributed by atoms with van der Waals surface area (Å²) >= 11 is 0. The molecule has 0 saturated heterocycles. The summed E-state index contributed by atoms with van der Waals surface area (Å²) in [7, 11) is 0. The lowest BCUT2D eigenvalue weighted by Crippen LogP contribution is -2.11. The molecule has 0 bridgehead atoms. The fourth-order valence-electron chi connectivity index (χ4n) is 1.44. The van der Waals surface area contributed by atoms with Gasteiger partial charge in [0.2, 0.25) is 5.88 Å². The summed E-state index contributed by atoms with van der Waals surface area (Å²) in [5.41, 5.74) is 0.471. The molecule has 17 heavy (non-hydrogen) atoms. The molecule has 5 nitrogen and oxygen atoms in total. The maximum atomic E-state index is 11.2. The van der Waals surface area contributed by atoms with E-state index in [0.29, 0.717) is 30.8 Å². The van der Waals surface area contributed by atoms with E-state index in [1.807, 2.05) is 13.0 Å². The molecule has 0 aliphatic heterocycles. The normalized spacial score (nSPS) is 10.6. The maximum Gasteiger partial charge on any atom is 0.442 e. The Kier molecular flexibility index (Phi) is 3.72. The van der Waals surface area contributed by atoms with Crippen LogP contribution in [0.3, 0.4) is 0 Å². The maximum absolute atomic E-state index is 11.2. The molecule has 0 fully saturated rings. The first-order valence-corrected chi connectivity index (χ1v) is 5.41. The third-order valence-electron chi connectivity index (χ3n) is 2.18. The van der Waals surface area contributed by atoms with Crippen LogP contribution in [0.4, 0.5) is 0 Å². The molecule has 2 aromatic rings. The van der Waals surface area contributed by atoms with Crippen LogP contribution >= 0.6 is 0 Å². The average molecular weight is 235 g/mol. The summed E-state index contributed by atoms with van der Waals surface area (Å²) in [6, 6.07) is 7.11. The van der Waals surface area contributed by atoms with Crippen LogP contribution in [0.25, 0.3) is 11.0 Å². The Morgan fingerprint density at radius 3 is 2.94 bits per heavy atom. The Bertz CT molecular complexity index is 549. The van der Waals surface area contributed by atoms with Crippen molar-refractivity contribution < 1.29 is 13.9 Å². The first-order chi connectivity index (χ1) is 8.31. The van der Waals surface area contributed by atoms with Crippen LogP contribution in [0, 0.1) is 0 Å². The minimum atomic E-state index is -0.657. The van der Waals surface area contributed by atoms with Crippen molar-refractivity contribution in [2.24, 2.45) is 0 Å². The van der Waals surface area contributed by atoms with Gasteiger partial charge in [-0.1, -0.05) is 12.1 Å². The lowest BCUT2D eigenvalue weighted by molar-refractivity contribution is 0.108. The van der Waals surface area contributed by atoms with E-state index in [0.717, 1.165) is 0 Å². The summed E-state index contributed by atoms with van der Waals surface area (Å²) in [6.45, 7) is 3.36. The van der Waals surface area contributed by atoms with E-state index in [4.69, 9.17) is 13.9 Å². The molecule has 0 aliphatic carbocycles. The average Bonchev–Trinajstić information content (AvgIpc) is 2.34. The van der Waals surface area contributed by atoms with Gasteiger partial charge in [0.25, 0.3) is 0 Å². The molecule has 2 rings (SSSR count). The molecule has 0 radical (unpaired) electrons. The minimum absolute atomic E-state index is 0.288. The standard InChI is InChI=1S/C12H13NO4/c1-2-15-7-8-16-11-9-5-3-4-6-10(9)17-12(14)13-11/h3-6H,2,7-8H2,1H3. The van der Waals surface area contributed by atoms with Crippen molar-refractivity contribution in [3.05, 3.63) is 34.8 Å². The van der Waals surface area contributed by atoms with Crippen molar-refractivity contribution in [3.8, 4) is 5.88 Å². The van der Waals surface area contributed by atoms with Crippen molar-refractivity contribution in [2.75, 3.05) is 19.8 Å². The lowest BCUT2D eigenvalue weighted by Gasteiger charge is -2.06. The van der Waals surface area contributed by atoms with Crippen molar-refractivity contribution in [1.82, 2.24) is 4.98 Å². The van der Waals surface area contributed by atoms with Crippen LogP contribution in [-0.4, -0.2) is 24.8 Å². The Morgan fingerprint density at radius 2 is 2.12 bits per heavy atom. The summed E-state index contributed by atoms with van der Waals surface area (Å²) in [5.74, 6) is -0.369. The molecule has 5 heteroatoms. The lowest BCUT2D eigenvalue weighted by atomic mass is 10.2. The van der Waals surface area contributed by atoms with Crippen molar-refractivity contribution in [2.45, 2.75) is 6.92 Å². The molecule has 1 heterocycles. The molecule has 0 N–H and O–H groups in total. The fourth-order valence-corrected chi connectivity index (χ4v) is 1.44. The van der Waals surface area contributed by atoms with Gasteiger partial charge >= 0.3 is 5.76 Å². The zero-order chi connectivity index (χ0) is 12.1. The minimum Gasteiger partial charge on any atom is -0.475 e. The van der Waals surface area contributed by atoms with Gasteiger partial charge in [0.05, 0.1) is 12.0 Å². The van der Waals surface area contributed by atoms with Crippen molar-refractivity contribution >= 4 is 11.0 Å².